The van der Waals surface area contributed by atoms with E-state index in [2.05, 4.69) is 13.8 Å². The Morgan fingerprint density at radius 3 is 2.44 bits per heavy atom. The molecule has 0 heterocycles. The van der Waals surface area contributed by atoms with Crippen molar-refractivity contribution in [2.75, 3.05) is 0 Å². The van der Waals surface area contributed by atoms with Crippen LogP contribution < -0.4 is 0 Å². The minimum atomic E-state index is -0.744. The van der Waals surface area contributed by atoms with Crippen molar-refractivity contribution in [1.82, 2.24) is 0 Å². The summed E-state index contributed by atoms with van der Waals surface area (Å²) in [6.45, 7) is 4.12. The largest absolute Gasteiger partial charge is 0.481 e. The number of allylic oxidation sites excluding steroid dienone is 3. The van der Waals surface area contributed by atoms with E-state index in [1.54, 1.807) is 0 Å². The highest BCUT2D eigenvalue weighted by molar-refractivity contribution is 5.82. The maximum absolute atomic E-state index is 11.4. The molecule has 0 saturated carbocycles. The van der Waals surface area contributed by atoms with Gasteiger partial charge >= 0.3 is 5.97 Å². The summed E-state index contributed by atoms with van der Waals surface area (Å²) in [5, 5.41) is 9.34. The minimum Gasteiger partial charge on any atom is -0.481 e. The van der Waals surface area contributed by atoms with Crippen LogP contribution in [-0.4, -0.2) is 11.1 Å². The predicted molar refractivity (Wildman–Crippen MR) is 73.0 cm³/mol. The van der Waals surface area contributed by atoms with Crippen molar-refractivity contribution in [3.63, 3.8) is 0 Å². The normalized spacial score (nSPS) is 22.9. The maximum Gasteiger partial charge on any atom is 0.310 e. The second-order valence-corrected chi connectivity index (χ2v) is 5.03. The molecule has 0 unspecified atom stereocenters. The van der Waals surface area contributed by atoms with Gasteiger partial charge < -0.3 is 5.11 Å². The summed E-state index contributed by atoms with van der Waals surface area (Å²) in [6, 6.07) is 9.90. The molecule has 1 aliphatic rings. The zero-order chi connectivity index (χ0) is 13.1. The molecule has 2 rings (SSSR count). The molecule has 0 amide bonds. The van der Waals surface area contributed by atoms with Crippen LogP contribution in [0.2, 0.25) is 0 Å². The van der Waals surface area contributed by atoms with E-state index < -0.39 is 11.9 Å². The summed E-state index contributed by atoms with van der Waals surface area (Å²) in [5.41, 5.74) is 2.07. The monoisotopic (exact) mass is 242 g/mol. The molecule has 94 valence electrons. The van der Waals surface area contributed by atoms with Gasteiger partial charge in [0.25, 0.3) is 0 Å². The summed E-state index contributed by atoms with van der Waals surface area (Å²) in [7, 11) is 0. The van der Waals surface area contributed by atoms with Crippen LogP contribution in [0.5, 0.6) is 0 Å². The third-order valence-corrected chi connectivity index (χ3v) is 3.43. The van der Waals surface area contributed by atoms with Crippen LogP contribution in [0.15, 0.2) is 48.6 Å². The van der Waals surface area contributed by atoms with Gasteiger partial charge in [-0.2, -0.15) is 0 Å². The van der Waals surface area contributed by atoms with Crippen molar-refractivity contribution in [3.8, 4) is 0 Å². The molecular formula is C16H18O2. The molecule has 1 aromatic carbocycles. The molecule has 0 radical (unpaired) electrons. The van der Waals surface area contributed by atoms with Crippen LogP contribution >= 0.6 is 0 Å². The lowest BCUT2D eigenvalue weighted by Crippen LogP contribution is -2.26. The van der Waals surface area contributed by atoms with Crippen LogP contribution in [-0.2, 0) is 4.79 Å². The number of benzene rings is 1. The molecule has 1 aliphatic carbocycles. The molecule has 0 aliphatic heterocycles. The second kappa shape index (κ2) is 5.21. The average Bonchev–Trinajstić information content (AvgIpc) is 2.39. The lowest BCUT2D eigenvalue weighted by atomic mass is 9.78. The number of carboxylic acid groups (broad SMARTS) is 1. The SMILES string of the molecule is CC(C)[C@@H]1C=CC(c2ccccc2)=C[C@H]1C(=O)O. The first-order valence-electron chi connectivity index (χ1n) is 6.28. The first kappa shape index (κ1) is 12.6. The first-order valence-corrected chi connectivity index (χ1v) is 6.28. The van der Waals surface area contributed by atoms with Crippen molar-refractivity contribution in [1.29, 1.82) is 0 Å². The number of rotatable bonds is 3. The Kier molecular flexibility index (Phi) is 3.66. The quantitative estimate of drug-likeness (QED) is 0.879. The van der Waals surface area contributed by atoms with Gasteiger partial charge in [-0.25, -0.2) is 0 Å². The molecule has 1 aromatic rings. The summed E-state index contributed by atoms with van der Waals surface area (Å²) in [6.07, 6.45) is 5.95. The van der Waals surface area contributed by atoms with E-state index in [0.717, 1.165) is 11.1 Å². The Hall–Kier alpha value is -1.83. The van der Waals surface area contributed by atoms with E-state index in [4.69, 9.17) is 0 Å². The molecule has 0 spiro atoms. The van der Waals surface area contributed by atoms with Gasteiger partial charge in [0, 0.05) is 0 Å². The molecule has 2 atom stereocenters. The maximum atomic E-state index is 11.4. The molecule has 0 saturated heterocycles. The molecule has 18 heavy (non-hydrogen) atoms. The molecule has 0 fully saturated rings. The topological polar surface area (TPSA) is 37.3 Å². The Morgan fingerprint density at radius 1 is 1.22 bits per heavy atom. The van der Waals surface area contributed by atoms with Crippen molar-refractivity contribution in [2.24, 2.45) is 17.8 Å². The van der Waals surface area contributed by atoms with Crippen LogP contribution in [0, 0.1) is 17.8 Å². The summed E-state index contributed by atoms with van der Waals surface area (Å²) in [4.78, 5) is 11.4. The molecule has 1 N–H and O–H groups in total. The number of hydrogen-bond donors (Lipinski definition) is 1. The van der Waals surface area contributed by atoms with E-state index in [-0.39, 0.29) is 5.92 Å². The van der Waals surface area contributed by atoms with Gasteiger partial charge in [0.15, 0.2) is 0 Å². The Morgan fingerprint density at radius 2 is 1.89 bits per heavy atom. The third kappa shape index (κ3) is 2.53. The molecule has 0 aromatic heterocycles. The van der Waals surface area contributed by atoms with E-state index in [1.807, 2.05) is 48.6 Å². The number of hydrogen-bond acceptors (Lipinski definition) is 1. The highest BCUT2D eigenvalue weighted by atomic mass is 16.4. The number of carboxylic acids is 1. The van der Waals surface area contributed by atoms with Gasteiger partial charge in [0.05, 0.1) is 5.92 Å². The number of aliphatic carboxylic acids is 1. The molecule has 0 bridgehead atoms. The average molecular weight is 242 g/mol. The van der Waals surface area contributed by atoms with Gasteiger partial charge in [-0.15, -0.1) is 0 Å². The van der Waals surface area contributed by atoms with Crippen molar-refractivity contribution in [3.05, 3.63) is 54.1 Å². The standard InChI is InChI=1S/C16H18O2/c1-11(2)14-9-8-13(10-15(14)16(17)18)12-6-4-3-5-7-12/h3-11,14-15H,1-2H3,(H,17,18)/t14-,15+/m0/s1. The van der Waals surface area contributed by atoms with Crippen LogP contribution in [0.4, 0.5) is 0 Å². The van der Waals surface area contributed by atoms with E-state index in [1.165, 1.54) is 0 Å². The Balaban J connectivity index is 2.33. The van der Waals surface area contributed by atoms with Crippen molar-refractivity contribution in [2.45, 2.75) is 13.8 Å². The minimum absolute atomic E-state index is 0.0787. The second-order valence-electron chi connectivity index (χ2n) is 5.03. The van der Waals surface area contributed by atoms with Crippen LogP contribution in [0.1, 0.15) is 19.4 Å². The van der Waals surface area contributed by atoms with E-state index in [0.29, 0.717) is 5.92 Å². The third-order valence-electron chi connectivity index (χ3n) is 3.43. The van der Waals surface area contributed by atoms with Gasteiger partial charge in [0.1, 0.15) is 0 Å². The smallest absolute Gasteiger partial charge is 0.310 e. The summed E-state index contributed by atoms with van der Waals surface area (Å²) >= 11 is 0. The van der Waals surface area contributed by atoms with E-state index in [9.17, 15) is 9.90 Å². The molecule has 2 heteroatoms. The Bertz CT molecular complexity index is 483. The summed E-state index contributed by atoms with van der Waals surface area (Å²) < 4.78 is 0. The number of carbonyl (C=O) groups is 1. The van der Waals surface area contributed by atoms with Crippen molar-refractivity contribution >= 4 is 11.5 Å². The van der Waals surface area contributed by atoms with Gasteiger partial charge in [-0.05, 0) is 23.0 Å². The zero-order valence-corrected chi connectivity index (χ0v) is 10.7. The van der Waals surface area contributed by atoms with Gasteiger partial charge in [0.2, 0.25) is 0 Å². The summed E-state index contributed by atoms with van der Waals surface area (Å²) in [5.74, 6) is -0.762. The van der Waals surface area contributed by atoms with Crippen molar-refractivity contribution < 1.29 is 9.90 Å². The zero-order valence-electron chi connectivity index (χ0n) is 10.7. The van der Waals surface area contributed by atoms with E-state index >= 15 is 0 Å². The highest BCUT2D eigenvalue weighted by Crippen LogP contribution is 2.32. The fourth-order valence-electron chi connectivity index (χ4n) is 2.39. The Labute approximate surface area is 108 Å². The lowest BCUT2D eigenvalue weighted by Gasteiger charge is -2.26. The fraction of sp³-hybridized carbons (Fsp3) is 0.312. The van der Waals surface area contributed by atoms with Crippen LogP contribution in [0.25, 0.3) is 5.57 Å². The van der Waals surface area contributed by atoms with Crippen LogP contribution in [0.3, 0.4) is 0 Å². The van der Waals surface area contributed by atoms with Gasteiger partial charge in [-0.1, -0.05) is 62.4 Å². The molecule has 2 nitrogen and oxygen atoms in total. The molecular weight excluding hydrogens is 224 g/mol. The predicted octanol–water partition coefficient (Wildman–Crippen LogP) is 3.61. The fourth-order valence-corrected chi connectivity index (χ4v) is 2.39. The lowest BCUT2D eigenvalue weighted by molar-refractivity contribution is -0.141. The highest BCUT2D eigenvalue weighted by Gasteiger charge is 2.29. The van der Waals surface area contributed by atoms with Gasteiger partial charge in [-0.3, -0.25) is 4.79 Å². The first-order chi connectivity index (χ1) is 8.59.